The largest absolute Gasteiger partial charge is 0.481 e. The summed E-state index contributed by atoms with van der Waals surface area (Å²) in [5, 5.41) is 9.88. The average molecular weight is 253 g/mol. The lowest BCUT2D eigenvalue weighted by atomic mass is 9.94. The first kappa shape index (κ1) is 12.4. The Kier molecular flexibility index (Phi) is 4.06. The lowest BCUT2D eigenvalue weighted by Gasteiger charge is -2.12. The smallest absolute Gasteiger partial charge is 0.306 e. The first-order chi connectivity index (χ1) is 8.15. The summed E-state index contributed by atoms with van der Waals surface area (Å²) < 4.78 is 0. The van der Waals surface area contributed by atoms with Crippen LogP contribution in [0.5, 0.6) is 0 Å². The Labute approximate surface area is 107 Å². The minimum Gasteiger partial charge on any atom is -0.481 e. The van der Waals surface area contributed by atoms with E-state index < -0.39 is 5.97 Å². The Hall–Kier alpha value is -1.02. The van der Waals surface area contributed by atoms with Crippen LogP contribution in [0.25, 0.3) is 0 Å². The monoisotopic (exact) mass is 252 g/mol. The minimum atomic E-state index is -0.689. The van der Waals surface area contributed by atoms with Gasteiger partial charge in [-0.1, -0.05) is 36.6 Å². The number of rotatable bonds is 6. The molecule has 1 N–H and O–H groups in total. The number of hydrogen-bond acceptors (Lipinski definition) is 1. The van der Waals surface area contributed by atoms with Crippen LogP contribution in [-0.4, -0.2) is 11.1 Å². The van der Waals surface area contributed by atoms with Crippen LogP contribution < -0.4 is 0 Å². The van der Waals surface area contributed by atoms with E-state index in [0.29, 0.717) is 11.4 Å². The predicted molar refractivity (Wildman–Crippen MR) is 68.2 cm³/mol. The molecule has 0 aliphatic heterocycles. The lowest BCUT2D eigenvalue weighted by molar-refractivity contribution is -0.142. The van der Waals surface area contributed by atoms with E-state index in [1.165, 1.54) is 12.8 Å². The van der Waals surface area contributed by atoms with Crippen molar-refractivity contribution < 1.29 is 9.90 Å². The minimum absolute atomic E-state index is 0.269. The summed E-state index contributed by atoms with van der Waals surface area (Å²) in [4.78, 5) is 11.2. The third-order valence-electron chi connectivity index (χ3n) is 3.34. The summed E-state index contributed by atoms with van der Waals surface area (Å²) >= 11 is 5.90. The van der Waals surface area contributed by atoms with Crippen molar-refractivity contribution in [2.45, 2.75) is 32.1 Å². The zero-order chi connectivity index (χ0) is 12.3. The van der Waals surface area contributed by atoms with E-state index >= 15 is 0 Å². The van der Waals surface area contributed by atoms with Gasteiger partial charge in [0, 0.05) is 5.02 Å². The van der Waals surface area contributed by atoms with Crippen molar-refractivity contribution in [3.8, 4) is 0 Å². The van der Waals surface area contributed by atoms with Gasteiger partial charge in [0.2, 0.25) is 0 Å². The molecule has 3 heteroatoms. The predicted octanol–water partition coefficient (Wildman–Crippen LogP) is 3.77. The number of carboxylic acid groups (broad SMARTS) is 1. The summed E-state index contributed by atoms with van der Waals surface area (Å²) in [5.41, 5.74) is 1.01. The molecule has 17 heavy (non-hydrogen) atoms. The first-order valence-electron chi connectivity index (χ1n) is 6.12. The van der Waals surface area contributed by atoms with Gasteiger partial charge in [0.1, 0.15) is 0 Å². The van der Waals surface area contributed by atoms with Crippen LogP contribution >= 0.6 is 11.6 Å². The molecule has 0 radical (unpaired) electrons. The second-order valence-electron chi connectivity index (χ2n) is 4.89. The summed E-state index contributed by atoms with van der Waals surface area (Å²) in [6.07, 6.45) is 4.99. The fraction of sp³-hybridized carbons (Fsp3) is 0.500. The van der Waals surface area contributed by atoms with Gasteiger partial charge in [-0.05, 0) is 42.9 Å². The highest BCUT2D eigenvalue weighted by atomic mass is 35.5. The number of hydrogen-bond donors (Lipinski definition) is 1. The highest BCUT2D eigenvalue weighted by Crippen LogP contribution is 2.35. The molecule has 0 bridgehead atoms. The van der Waals surface area contributed by atoms with E-state index in [0.717, 1.165) is 24.3 Å². The maximum atomic E-state index is 11.2. The van der Waals surface area contributed by atoms with Gasteiger partial charge in [-0.25, -0.2) is 0 Å². The second-order valence-corrected chi connectivity index (χ2v) is 5.33. The number of benzene rings is 1. The number of aliphatic carboxylic acids is 1. The quantitative estimate of drug-likeness (QED) is 0.837. The summed E-state index contributed by atoms with van der Waals surface area (Å²) in [7, 11) is 0. The summed E-state index contributed by atoms with van der Waals surface area (Å²) in [6.45, 7) is 0. The normalized spacial score (nSPS) is 16.8. The molecule has 1 aliphatic rings. The molecule has 0 amide bonds. The van der Waals surface area contributed by atoms with Gasteiger partial charge in [0.15, 0.2) is 0 Å². The van der Waals surface area contributed by atoms with Gasteiger partial charge < -0.3 is 5.11 Å². The Bertz CT molecular complexity index is 399. The summed E-state index contributed by atoms with van der Waals surface area (Å²) in [6, 6.07) is 7.48. The first-order valence-corrected chi connectivity index (χ1v) is 6.50. The van der Waals surface area contributed by atoms with E-state index in [1.807, 2.05) is 24.3 Å². The molecule has 0 saturated heterocycles. The van der Waals surface area contributed by atoms with Crippen LogP contribution in [0.3, 0.4) is 0 Å². The lowest BCUT2D eigenvalue weighted by Crippen LogP contribution is -2.16. The van der Waals surface area contributed by atoms with Crippen molar-refractivity contribution in [3.05, 3.63) is 34.9 Å². The highest BCUT2D eigenvalue weighted by molar-refractivity contribution is 6.30. The van der Waals surface area contributed by atoms with E-state index in [4.69, 9.17) is 11.6 Å². The van der Waals surface area contributed by atoms with Crippen molar-refractivity contribution in [1.29, 1.82) is 0 Å². The zero-order valence-corrected chi connectivity index (χ0v) is 10.5. The topological polar surface area (TPSA) is 37.3 Å². The van der Waals surface area contributed by atoms with E-state index in [-0.39, 0.29) is 5.92 Å². The van der Waals surface area contributed by atoms with Gasteiger partial charge in [0.05, 0.1) is 5.92 Å². The van der Waals surface area contributed by atoms with Gasteiger partial charge in [-0.15, -0.1) is 0 Å². The van der Waals surface area contributed by atoms with Gasteiger partial charge >= 0.3 is 5.97 Å². The SMILES string of the molecule is O=C(O)C(CCC1CC1)Cc1cccc(Cl)c1. The molecule has 0 heterocycles. The van der Waals surface area contributed by atoms with Crippen LogP contribution in [-0.2, 0) is 11.2 Å². The Balaban J connectivity index is 1.93. The van der Waals surface area contributed by atoms with Crippen molar-refractivity contribution >= 4 is 17.6 Å². The Morgan fingerprint density at radius 3 is 2.82 bits per heavy atom. The zero-order valence-electron chi connectivity index (χ0n) is 9.73. The number of carbonyl (C=O) groups is 1. The molecule has 92 valence electrons. The van der Waals surface area contributed by atoms with Crippen LogP contribution in [0, 0.1) is 11.8 Å². The van der Waals surface area contributed by atoms with E-state index in [2.05, 4.69) is 0 Å². The third kappa shape index (κ3) is 4.04. The molecule has 1 atom stereocenters. The van der Waals surface area contributed by atoms with Crippen molar-refractivity contribution in [2.75, 3.05) is 0 Å². The van der Waals surface area contributed by atoms with Crippen LogP contribution in [0.2, 0.25) is 5.02 Å². The maximum absolute atomic E-state index is 11.2. The van der Waals surface area contributed by atoms with Crippen molar-refractivity contribution in [2.24, 2.45) is 11.8 Å². The fourth-order valence-electron chi connectivity index (χ4n) is 2.10. The average Bonchev–Trinajstić information content (AvgIpc) is 3.07. The highest BCUT2D eigenvalue weighted by Gasteiger charge is 2.25. The second kappa shape index (κ2) is 5.54. The number of carboxylic acids is 1. The number of halogens is 1. The Morgan fingerprint density at radius 1 is 1.47 bits per heavy atom. The van der Waals surface area contributed by atoms with Crippen LogP contribution in [0.4, 0.5) is 0 Å². The molecule has 0 spiro atoms. The van der Waals surface area contributed by atoms with Crippen molar-refractivity contribution in [1.82, 2.24) is 0 Å². The van der Waals surface area contributed by atoms with Gasteiger partial charge in [-0.2, -0.15) is 0 Å². The Morgan fingerprint density at radius 2 is 2.24 bits per heavy atom. The molecule has 1 aromatic carbocycles. The molecular weight excluding hydrogens is 236 g/mol. The van der Waals surface area contributed by atoms with Gasteiger partial charge in [0.25, 0.3) is 0 Å². The molecule has 2 rings (SSSR count). The molecule has 2 nitrogen and oxygen atoms in total. The molecule has 0 aromatic heterocycles. The molecular formula is C14H17ClO2. The maximum Gasteiger partial charge on any atom is 0.306 e. The standard InChI is InChI=1S/C14H17ClO2/c15-13-3-1-2-11(9-13)8-12(14(16)17)7-6-10-4-5-10/h1-3,9-10,12H,4-8H2,(H,16,17). The van der Waals surface area contributed by atoms with Gasteiger partial charge in [-0.3, -0.25) is 4.79 Å². The summed E-state index contributed by atoms with van der Waals surface area (Å²) in [5.74, 6) is -0.170. The molecule has 1 saturated carbocycles. The van der Waals surface area contributed by atoms with Crippen molar-refractivity contribution in [3.63, 3.8) is 0 Å². The molecule has 1 aromatic rings. The third-order valence-corrected chi connectivity index (χ3v) is 3.58. The van der Waals surface area contributed by atoms with Crippen LogP contribution in [0.15, 0.2) is 24.3 Å². The molecule has 1 unspecified atom stereocenters. The molecule has 1 aliphatic carbocycles. The molecule has 1 fully saturated rings. The van der Waals surface area contributed by atoms with Crippen LogP contribution in [0.1, 0.15) is 31.2 Å². The fourth-order valence-corrected chi connectivity index (χ4v) is 2.32. The van der Waals surface area contributed by atoms with E-state index in [9.17, 15) is 9.90 Å². The van der Waals surface area contributed by atoms with E-state index in [1.54, 1.807) is 0 Å².